The molecule has 0 spiro atoms. The highest BCUT2D eigenvalue weighted by Gasteiger charge is 2.26. The molecule has 1 saturated carbocycles. The van der Waals surface area contributed by atoms with E-state index in [1.54, 1.807) is 6.92 Å². The van der Waals surface area contributed by atoms with Gasteiger partial charge in [0.15, 0.2) is 0 Å². The lowest BCUT2D eigenvalue weighted by Crippen LogP contribution is -2.30. The molecule has 0 aromatic heterocycles. The highest BCUT2D eigenvalue weighted by molar-refractivity contribution is 5.38. The Morgan fingerprint density at radius 1 is 1.32 bits per heavy atom. The van der Waals surface area contributed by atoms with Gasteiger partial charge in [0.05, 0.1) is 6.10 Å². The molecule has 2 rings (SSSR count). The molecule has 106 valence electrons. The molecule has 0 radical (unpaired) electrons. The third kappa shape index (κ3) is 3.50. The van der Waals surface area contributed by atoms with Crippen LogP contribution in [0.3, 0.4) is 0 Å². The van der Waals surface area contributed by atoms with E-state index in [1.807, 2.05) is 19.1 Å². The quantitative estimate of drug-likeness (QED) is 0.871. The minimum Gasteiger partial charge on any atom is -0.490 e. The molecule has 1 aromatic carbocycles. The molecule has 0 bridgehead atoms. The lowest BCUT2D eigenvalue weighted by molar-refractivity contribution is 0.0855. The standard InChI is InChI=1S/C17H26O2/c1-4-14-7-5-6-8-16(14)19-17-10-9-12(2)11-15(17)13(3)18/h9-11,13-14,16,18H,4-8H2,1-3H3/t13-,14?,16?/m1/s1. The molecular weight excluding hydrogens is 236 g/mol. The maximum absolute atomic E-state index is 9.90. The van der Waals surface area contributed by atoms with Gasteiger partial charge in [-0.1, -0.05) is 25.0 Å². The summed E-state index contributed by atoms with van der Waals surface area (Å²) in [5, 5.41) is 9.90. The summed E-state index contributed by atoms with van der Waals surface area (Å²) < 4.78 is 6.25. The smallest absolute Gasteiger partial charge is 0.125 e. The van der Waals surface area contributed by atoms with Crippen LogP contribution < -0.4 is 4.74 Å². The van der Waals surface area contributed by atoms with Crippen LogP contribution in [0.2, 0.25) is 0 Å². The average Bonchev–Trinajstić information content (AvgIpc) is 2.41. The SMILES string of the molecule is CCC1CCCCC1Oc1ccc(C)cc1[C@@H](C)O. The second kappa shape index (κ2) is 6.42. The monoisotopic (exact) mass is 262 g/mol. The molecule has 0 amide bonds. The van der Waals surface area contributed by atoms with E-state index >= 15 is 0 Å². The van der Waals surface area contributed by atoms with Gasteiger partial charge in [-0.25, -0.2) is 0 Å². The number of rotatable bonds is 4. The van der Waals surface area contributed by atoms with Crippen LogP contribution >= 0.6 is 0 Å². The van der Waals surface area contributed by atoms with Gasteiger partial charge in [0.1, 0.15) is 11.9 Å². The van der Waals surface area contributed by atoms with Crippen molar-refractivity contribution in [3.8, 4) is 5.75 Å². The van der Waals surface area contributed by atoms with E-state index < -0.39 is 6.10 Å². The first-order chi connectivity index (χ1) is 9.11. The third-order valence-electron chi connectivity index (χ3n) is 4.26. The highest BCUT2D eigenvalue weighted by Crippen LogP contribution is 2.33. The zero-order chi connectivity index (χ0) is 13.8. The average molecular weight is 262 g/mol. The van der Waals surface area contributed by atoms with Crippen molar-refractivity contribution in [2.45, 2.75) is 65.1 Å². The Bertz CT molecular complexity index is 412. The van der Waals surface area contributed by atoms with Gasteiger partial charge in [0.2, 0.25) is 0 Å². The Kier molecular flexibility index (Phi) is 4.87. The second-order valence-electron chi connectivity index (χ2n) is 5.83. The minimum atomic E-state index is -0.474. The minimum absolute atomic E-state index is 0.318. The fourth-order valence-corrected chi connectivity index (χ4v) is 3.06. The van der Waals surface area contributed by atoms with E-state index in [0.717, 1.165) is 17.7 Å². The lowest BCUT2D eigenvalue weighted by atomic mass is 9.84. The Hall–Kier alpha value is -1.02. The molecular formula is C17H26O2. The van der Waals surface area contributed by atoms with Gasteiger partial charge < -0.3 is 9.84 Å². The summed E-state index contributed by atoms with van der Waals surface area (Å²) in [6, 6.07) is 6.10. The number of ether oxygens (including phenoxy) is 1. The number of benzene rings is 1. The first-order valence-electron chi connectivity index (χ1n) is 7.57. The van der Waals surface area contributed by atoms with Crippen LogP contribution in [0.4, 0.5) is 0 Å². The van der Waals surface area contributed by atoms with Crippen molar-refractivity contribution in [1.82, 2.24) is 0 Å². The van der Waals surface area contributed by atoms with Crippen molar-refractivity contribution < 1.29 is 9.84 Å². The first-order valence-corrected chi connectivity index (χ1v) is 7.57. The van der Waals surface area contributed by atoms with Crippen LogP contribution in [0.1, 0.15) is 63.2 Å². The third-order valence-corrected chi connectivity index (χ3v) is 4.26. The molecule has 1 aromatic rings. The van der Waals surface area contributed by atoms with E-state index in [2.05, 4.69) is 13.0 Å². The van der Waals surface area contributed by atoms with E-state index in [1.165, 1.54) is 31.2 Å². The number of hydrogen-bond acceptors (Lipinski definition) is 2. The predicted molar refractivity (Wildman–Crippen MR) is 78.5 cm³/mol. The largest absolute Gasteiger partial charge is 0.490 e. The van der Waals surface area contributed by atoms with Crippen molar-refractivity contribution in [1.29, 1.82) is 0 Å². The topological polar surface area (TPSA) is 29.5 Å². The van der Waals surface area contributed by atoms with Gasteiger partial charge in [-0.05, 0) is 57.6 Å². The summed E-state index contributed by atoms with van der Waals surface area (Å²) in [6.45, 7) is 6.10. The van der Waals surface area contributed by atoms with Gasteiger partial charge in [0, 0.05) is 5.56 Å². The summed E-state index contributed by atoms with van der Waals surface area (Å²) in [5.74, 6) is 1.53. The molecule has 2 heteroatoms. The zero-order valence-corrected chi connectivity index (χ0v) is 12.4. The predicted octanol–water partition coefficient (Wildman–Crippen LogP) is 4.40. The fraction of sp³-hybridized carbons (Fsp3) is 0.647. The molecule has 1 fully saturated rings. The van der Waals surface area contributed by atoms with Crippen LogP contribution in [0.5, 0.6) is 5.75 Å². The Morgan fingerprint density at radius 2 is 2.05 bits per heavy atom. The first kappa shape index (κ1) is 14.4. The van der Waals surface area contributed by atoms with Crippen LogP contribution in [0, 0.1) is 12.8 Å². The molecule has 19 heavy (non-hydrogen) atoms. The van der Waals surface area contributed by atoms with Crippen LogP contribution in [0.25, 0.3) is 0 Å². The van der Waals surface area contributed by atoms with Gasteiger partial charge in [0.25, 0.3) is 0 Å². The number of aliphatic hydroxyl groups excluding tert-OH is 1. The van der Waals surface area contributed by atoms with Crippen molar-refractivity contribution in [2.75, 3.05) is 0 Å². The van der Waals surface area contributed by atoms with Gasteiger partial charge >= 0.3 is 0 Å². The number of aryl methyl sites for hydroxylation is 1. The normalized spacial score (nSPS) is 25.1. The van der Waals surface area contributed by atoms with Crippen molar-refractivity contribution in [3.05, 3.63) is 29.3 Å². The number of aliphatic hydroxyl groups is 1. The zero-order valence-electron chi connectivity index (χ0n) is 12.4. The summed E-state index contributed by atoms with van der Waals surface area (Å²) in [5.41, 5.74) is 2.08. The summed E-state index contributed by atoms with van der Waals surface area (Å²) in [6.07, 6.45) is 6.04. The fourth-order valence-electron chi connectivity index (χ4n) is 3.06. The van der Waals surface area contributed by atoms with Crippen molar-refractivity contribution in [2.24, 2.45) is 5.92 Å². The van der Waals surface area contributed by atoms with Gasteiger partial charge in [-0.2, -0.15) is 0 Å². The van der Waals surface area contributed by atoms with E-state index in [-0.39, 0.29) is 0 Å². The Morgan fingerprint density at radius 3 is 2.74 bits per heavy atom. The highest BCUT2D eigenvalue weighted by atomic mass is 16.5. The van der Waals surface area contributed by atoms with E-state index in [0.29, 0.717) is 12.0 Å². The molecule has 1 aliphatic carbocycles. The van der Waals surface area contributed by atoms with Crippen LogP contribution in [-0.2, 0) is 0 Å². The maximum atomic E-state index is 9.90. The lowest BCUT2D eigenvalue weighted by Gasteiger charge is -2.32. The molecule has 0 heterocycles. The molecule has 2 nitrogen and oxygen atoms in total. The molecule has 1 N–H and O–H groups in total. The van der Waals surface area contributed by atoms with E-state index in [9.17, 15) is 5.11 Å². The van der Waals surface area contributed by atoms with E-state index in [4.69, 9.17) is 4.74 Å². The molecule has 0 saturated heterocycles. The van der Waals surface area contributed by atoms with Gasteiger partial charge in [-0.3, -0.25) is 0 Å². The molecule has 2 unspecified atom stereocenters. The second-order valence-corrected chi connectivity index (χ2v) is 5.83. The Labute approximate surface area is 116 Å². The number of hydrogen-bond donors (Lipinski definition) is 1. The van der Waals surface area contributed by atoms with Crippen LogP contribution in [0.15, 0.2) is 18.2 Å². The summed E-state index contributed by atoms with van der Waals surface area (Å²) in [7, 11) is 0. The molecule has 1 aliphatic rings. The maximum Gasteiger partial charge on any atom is 0.125 e. The van der Waals surface area contributed by atoms with Gasteiger partial charge in [-0.15, -0.1) is 0 Å². The summed E-state index contributed by atoms with van der Waals surface area (Å²) in [4.78, 5) is 0. The van der Waals surface area contributed by atoms with Crippen molar-refractivity contribution in [3.63, 3.8) is 0 Å². The van der Waals surface area contributed by atoms with Crippen molar-refractivity contribution >= 4 is 0 Å². The van der Waals surface area contributed by atoms with Crippen LogP contribution in [-0.4, -0.2) is 11.2 Å². The molecule has 0 aliphatic heterocycles. The molecule has 3 atom stereocenters. The Balaban J connectivity index is 2.17. The summed E-state index contributed by atoms with van der Waals surface area (Å²) >= 11 is 0.